The van der Waals surface area contributed by atoms with Gasteiger partial charge in [-0.25, -0.2) is 17.7 Å². The zero-order valence-electron chi connectivity index (χ0n) is 23.1. The van der Waals surface area contributed by atoms with Crippen LogP contribution in [-0.4, -0.2) is 18.1 Å². The molecule has 0 amide bonds. The van der Waals surface area contributed by atoms with E-state index in [1.165, 1.54) is 6.33 Å². The lowest BCUT2D eigenvalue weighted by Gasteiger charge is -2.45. The smallest absolute Gasteiger partial charge is 0.309 e. The zero-order valence-corrected chi connectivity index (χ0v) is 24.1. The first-order valence-electron chi connectivity index (χ1n) is 13.4. The van der Waals surface area contributed by atoms with Crippen molar-refractivity contribution in [1.82, 2.24) is 9.78 Å². The Labute approximate surface area is 240 Å². The van der Waals surface area contributed by atoms with E-state index in [1.54, 1.807) is 10.6 Å². The van der Waals surface area contributed by atoms with Gasteiger partial charge in [-0.2, -0.15) is 8.78 Å². The summed E-state index contributed by atoms with van der Waals surface area (Å²) in [5, 5.41) is 4.44. The van der Waals surface area contributed by atoms with Crippen LogP contribution in [0.4, 0.5) is 22.0 Å². The minimum absolute atomic E-state index is 0.307. The number of halogens is 5. The van der Waals surface area contributed by atoms with Gasteiger partial charge in [0.1, 0.15) is 11.6 Å². The van der Waals surface area contributed by atoms with Crippen LogP contribution in [0.3, 0.4) is 0 Å². The first kappa shape index (κ1) is 28.0. The molecule has 0 radical (unpaired) electrons. The molecule has 1 atom stereocenters. The second-order valence-electron chi connectivity index (χ2n) is 11.3. The van der Waals surface area contributed by atoms with E-state index < -0.39 is 54.7 Å². The molecule has 0 bridgehead atoms. The van der Waals surface area contributed by atoms with Crippen LogP contribution in [0.5, 0.6) is 0 Å². The lowest BCUT2D eigenvalue weighted by molar-refractivity contribution is -0.729. The highest BCUT2D eigenvalue weighted by molar-refractivity contribution is 6.69. The van der Waals surface area contributed by atoms with Crippen molar-refractivity contribution in [2.45, 2.75) is 37.7 Å². The highest BCUT2D eigenvalue weighted by atomic mass is 28.4. The number of aromatic nitrogens is 3. The Hall–Kier alpha value is -4.15. The van der Waals surface area contributed by atoms with Gasteiger partial charge in [0.15, 0.2) is 8.32 Å². The maximum atomic E-state index is 15.0. The maximum Gasteiger partial charge on any atom is 0.309 e. The van der Waals surface area contributed by atoms with Crippen LogP contribution in [0.15, 0.2) is 91.3 Å². The average Bonchev–Trinajstić information content (AvgIpc) is 3.43. The van der Waals surface area contributed by atoms with Gasteiger partial charge in [0.2, 0.25) is 41.1 Å². The first-order valence-corrected chi connectivity index (χ1v) is 16.9. The highest BCUT2D eigenvalue weighted by Crippen LogP contribution is 2.47. The third kappa shape index (κ3) is 4.46. The van der Waals surface area contributed by atoms with Crippen molar-refractivity contribution in [3.8, 4) is 17.1 Å². The van der Waals surface area contributed by atoms with E-state index in [2.05, 4.69) is 24.7 Å². The molecular weight excluding hydrogens is 565 g/mol. The Morgan fingerprint density at radius 1 is 0.738 bits per heavy atom. The summed E-state index contributed by atoms with van der Waals surface area (Å²) in [5.74, 6) is -9.92. The number of benzene rings is 4. The Kier molecular flexibility index (Phi) is 6.85. The van der Waals surface area contributed by atoms with Gasteiger partial charge in [0.25, 0.3) is 0 Å². The first-order chi connectivity index (χ1) is 20.0. The summed E-state index contributed by atoms with van der Waals surface area (Å²) in [6.07, 6.45) is 1.73. The molecule has 0 saturated carbocycles. The molecule has 0 spiro atoms. The molecule has 5 aromatic rings. The average molecular weight is 593 g/mol. The Bertz CT molecular complexity index is 1720. The maximum absolute atomic E-state index is 15.0. The van der Waals surface area contributed by atoms with Gasteiger partial charge in [-0.1, -0.05) is 83.5 Å². The number of hydrogen-bond acceptors (Lipinski definition) is 2. The van der Waals surface area contributed by atoms with Gasteiger partial charge in [-0.15, -0.1) is 0 Å². The summed E-state index contributed by atoms with van der Waals surface area (Å²) in [7, 11) is -2.35. The molecule has 1 aliphatic heterocycles. The molecule has 1 aromatic heterocycles. The van der Waals surface area contributed by atoms with E-state index in [4.69, 9.17) is 4.43 Å². The fourth-order valence-corrected chi connectivity index (χ4v) is 7.17. The number of nitrogens with zero attached hydrogens (tertiary/aromatic N) is 3. The van der Waals surface area contributed by atoms with Crippen LogP contribution in [-0.2, 0) is 16.4 Å². The molecular formula is C32H27F5N3OSi+. The van der Waals surface area contributed by atoms with Gasteiger partial charge in [0.05, 0.1) is 10.7 Å². The lowest BCUT2D eigenvalue weighted by Crippen LogP contribution is -2.58. The second kappa shape index (κ2) is 10.3. The van der Waals surface area contributed by atoms with Gasteiger partial charge >= 0.3 is 5.82 Å². The summed E-state index contributed by atoms with van der Waals surface area (Å²) < 4.78 is 82.2. The molecule has 6 rings (SSSR count). The van der Waals surface area contributed by atoms with Crippen LogP contribution < -0.4 is 4.57 Å². The second-order valence-corrected chi connectivity index (χ2v) is 15.7. The van der Waals surface area contributed by atoms with Gasteiger partial charge < -0.3 is 4.43 Å². The summed E-state index contributed by atoms with van der Waals surface area (Å²) in [5.41, 5.74) is 1.03. The fraction of sp³-hybridized carbons (Fsp3) is 0.188. The van der Waals surface area contributed by atoms with Crippen molar-refractivity contribution in [1.29, 1.82) is 0 Å². The third-order valence-electron chi connectivity index (χ3n) is 7.45. The van der Waals surface area contributed by atoms with Crippen molar-refractivity contribution in [2.24, 2.45) is 0 Å². The van der Waals surface area contributed by atoms with Crippen LogP contribution in [0.25, 0.3) is 17.1 Å². The normalized spacial score (nSPS) is 14.9. The largest absolute Gasteiger partial charge is 0.401 e. The topological polar surface area (TPSA) is 30.9 Å². The lowest BCUT2D eigenvalue weighted by atomic mass is 9.76. The van der Waals surface area contributed by atoms with Crippen molar-refractivity contribution in [3.63, 3.8) is 0 Å². The van der Waals surface area contributed by atoms with Crippen LogP contribution in [0.1, 0.15) is 22.7 Å². The molecule has 0 N–H and O–H groups in total. The number of hydrogen-bond donors (Lipinski definition) is 0. The fourth-order valence-electron chi connectivity index (χ4n) is 5.83. The summed E-state index contributed by atoms with van der Waals surface area (Å²) in [6, 6.07) is 26.3. The molecule has 4 nitrogen and oxygen atoms in total. The van der Waals surface area contributed by atoms with Gasteiger partial charge in [-0.05, 0) is 42.4 Å². The molecule has 10 heteroatoms. The monoisotopic (exact) mass is 592 g/mol. The van der Waals surface area contributed by atoms with E-state index >= 15 is 8.78 Å². The highest BCUT2D eigenvalue weighted by Gasteiger charge is 2.52. The van der Waals surface area contributed by atoms with Crippen molar-refractivity contribution < 1.29 is 30.9 Å². The van der Waals surface area contributed by atoms with Crippen molar-refractivity contribution >= 4 is 8.32 Å². The number of rotatable bonds is 6. The molecule has 4 aromatic carbocycles. The van der Waals surface area contributed by atoms with Crippen molar-refractivity contribution in [2.75, 3.05) is 0 Å². The van der Waals surface area contributed by atoms with Gasteiger partial charge in [-0.3, -0.25) is 0 Å². The molecule has 214 valence electrons. The zero-order chi connectivity index (χ0) is 29.8. The summed E-state index contributed by atoms with van der Waals surface area (Å²) in [6.45, 7) is 6.23. The van der Waals surface area contributed by atoms with E-state index in [-0.39, 0.29) is 0 Å². The van der Waals surface area contributed by atoms with Crippen LogP contribution >= 0.6 is 0 Å². The van der Waals surface area contributed by atoms with E-state index in [0.717, 1.165) is 21.4 Å². The Morgan fingerprint density at radius 2 is 1.24 bits per heavy atom. The minimum Gasteiger partial charge on any atom is -0.401 e. The Morgan fingerprint density at radius 3 is 1.79 bits per heavy atom. The van der Waals surface area contributed by atoms with E-state index in [0.29, 0.717) is 17.8 Å². The predicted octanol–water partition coefficient (Wildman–Crippen LogP) is 7.41. The van der Waals surface area contributed by atoms with Crippen molar-refractivity contribution in [3.05, 3.63) is 137 Å². The number of fused-ring (bicyclic) bond motifs is 3. The molecule has 2 heterocycles. The van der Waals surface area contributed by atoms with Crippen LogP contribution in [0, 0.1) is 29.1 Å². The van der Waals surface area contributed by atoms with E-state index in [9.17, 15) is 13.2 Å². The standard InChI is InChI=1S/C32H27F5N3OSi/c1-42(2,3)41-32(21-13-6-4-7-14-21,22-15-8-5-9-16-22)24-18-20-12-10-11-17-23(20)31-38-40(19-39(24)31)30-28(36)26(34)25(33)27(35)29(30)37/h4-17,19,24H,18H2,1-3H3/q+1/t24-/m0/s1. The minimum atomic E-state index is -2.35. The summed E-state index contributed by atoms with van der Waals surface area (Å²) in [4.78, 5) is 0. The predicted molar refractivity (Wildman–Crippen MR) is 150 cm³/mol. The molecule has 0 fully saturated rings. The van der Waals surface area contributed by atoms with Crippen LogP contribution in [0.2, 0.25) is 19.6 Å². The third-order valence-corrected chi connectivity index (χ3v) is 8.38. The summed E-state index contributed by atoms with van der Waals surface area (Å²) >= 11 is 0. The molecule has 0 unspecified atom stereocenters. The Balaban J connectivity index is 1.69. The molecule has 0 saturated heterocycles. The molecule has 0 aliphatic carbocycles. The molecule has 1 aliphatic rings. The van der Waals surface area contributed by atoms with Gasteiger partial charge in [0, 0.05) is 6.42 Å². The quantitative estimate of drug-likeness (QED) is 0.0676. The SMILES string of the molecule is C[Si](C)(C)OC(c1ccccc1)(c1ccccc1)[C@@H]1Cc2ccccc2-c2nn(-c3c(F)c(F)c(F)c(F)c3F)c[n+]21. The van der Waals surface area contributed by atoms with E-state index in [1.807, 2.05) is 78.9 Å². The molecule has 42 heavy (non-hydrogen) atoms.